The van der Waals surface area contributed by atoms with Crippen LogP contribution in [0.2, 0.25) is 0 Å². The summed E-state index contributed by atoms with van der Waals surface area (Å²) in [6.45, 7) is 11.7. The average Bonchev–Trinajstić information content (AvgIpc) is 3.11. The molecule has 0 bridgehead atoms. The third-order valence-electron chi connectivity index (χ3n) is 10.3. The second-order valence-electron chi connectivity index (χ2n) is 15.2. The summed E-state index contributed by atoms with van der Waals surface area (Å²) < 4.78 is 11.3. The van der Waals surface area contributed by atoms with E-state index in [1.54, 1.807) is 0 Å². The van der Waals surface area contributed by atoms with Gasteiger partial charge >= 0.3 is 11.9 Å². The Morgan fingerprint density at radius 3 is 1.32 bits per heavy atom. The number of hydrogen-bond donors (Lipinski definition) is 1. The predicted molar refractivity (Wildman–Crippen MR) is 216 cm³/mol. The predicted octanol–water partition coefficient (Wildman–Crippen LogP) is 12.5. The van der Waals surface area contributed by atoms with Crippen molar-refractivity contribution in [3.63, 3.8) is 0 Å². The number of rotatable bonds is 41. The Morgan fingerprint density at radius 1 is 0.460 bits per heavy atom. The lowest BCUT2D eigenvalue weighted by Gasteiger charge is -2.21. The van der Waals surface area contributed by atoms with Gasteiger partial charge in [-0.05, 0) is 64.5 Å². The highest BCUT2D eigenvalue weighted by Gasteiger charge is 2.19. The molecule has 0 atom stereocenters. The molecule has 0 saturated carbocycles. The molecule has 6 heteroatoms. The van der Waals surface area contributed by atoms with Gasteiger partial charge in [-0.15, -0.1) is 0 Å². The topological polar surface area (TPSA) is 81.9 Å². The van der Waals surface area contributed by atoms with E-state index in [4.69, 9.17) is 15.2 Å². The summed E-state index contributed by atoms with van der Waals surface area (Å²) in [5.74, 6) is 0.147. The number of ether oxygens (including phenoxy) is 2. The smallest absolute Gasteiger partial charge is 0.308 e. The first-order valence-electron chi connectivity index (χ1n) is 22.3. The Balaban J connectivity index is 3.94. The standard InChI is InChI=1S/C44H88N2O4/c1-4-7-10-13-16-17-18-22-28-35-43(47)49-40-32-25-30-38-46(39-36-45)37-29-23-19-24-31-41-50-44(48)42(33-26-20-14-11-8-5-2)34-27-21-15-12-9-6-3/h42H,4-41,45H2,1-3H3. The van der Waals surface area contributed by atoms with Gasteiger partial charge in [-0.1, -0.05) is 168 Å². The molecule has 0 aromatic heterocycles. The van der Waals surface area contributed by atoms with Crippen molar-refractivity contribution in [2.24, 2.45) is 11.7 Å². The summed E-state index contributed by atoms with van der Waals surface area (Å²) >= 11 is 0. The maximum Gasteiger partial charge on any atom is 0.308 e. The molecule has 0 fully saturated rings. The van der Waals surface area contributed by atoms with Gasteiger partial charge in [0.2, 0.25) is 0 Å². The Bertz CT molecular complexity index is 688. The van der Waals surface area contributed by atoms with Crippen LogP contribution in [0, 0.1) is 5.92 Å². The van der Waals surface area contributed by atoms with Gasteiger partial charge in [-0.2, -0.15) is 0 Å². The molecule has 6 nitrogen and oxygen atoms in total. The van der Waals surface area contributed by atoms with Gasteiger partial charge in [0.1, 0.15) is 0 Å². The summed E-state index contributed by atoms with van der Waals surface area (Å²) in [5.41, 5.74) is 5.90. The molecule has 0 radical (unpaired) electrons. The van der Waals surface area contributed by atoms with Crippen LogP contribution in [0.15, 0.2) is 0 Å². The largest absolute Gasteiger partial charge is 0.466 e. The number of hydrogen-bond acceptors (Lipinski definition) is 6. The molecule has 0 unspecified atom stereocenters. The summed E-state index contributed by atoms with van der Waals surface area (Å²) in [4.78, 5) is 27.5. The van der Waals surface area contributed by atoms with Gasteiger partial charge < -0.3 is 20.1 Å². The number of esters is 2. The van der Waals surface area contributed by atoms with Crippen LogP contribution in [0.25, 0.3) is 0 Å². The maximum absolute atomic E-state index is 13.0. The Hall–Kier alpha value is -1.14. The number of carbonyl (C=O) groups is 2. The normalized spacial score (nSPS) is 11.6. The lowest BCUT2D eigenvalue weighted by molar-refractivity contribution is -0.149. The molecule has 50 heavy (non-hydrogen) atoms. The summed E-state index contributed by atoms with van der Waals surface area (Å²) in [6.07, 6.45) is 38.1. The van der Waals surface area contributed by atoms with Crippen LogP contribution >= 0.6 is 0 Å². The number of carbonyl (C=O) groups excluding carboxylic acids is 2. The third-order valence-corrected chi connectivity index (χ3v) is 10.3. The molecule has 0 aliphatic rings. The minimum Gasteiger partial charge on any atom is -0.466 e. The fourth-order valence-electron chi connectivity index (χ4n) is 6.95. The average molecular weight is 709 g/mol. The second kappa shape index (κ2) is 40.6. The molecule has 0 saturated heterocycles. The fourth-order valence-corrected chi connectivity index (χ4v) is 6.95. The van der Waals surface area contributed by atoms with Gasteiger partial charge in [0.25, 0.3) is 0 Å². The zero-order valence-electron chi connectivity index (χ0n) is 34.1. The van der Waals surface area contributed by atoms with Crippen molar-refractivity contribution in [1.29, 1.82) is 0 Å². The van der Waals surface area contributed by atoms with Gasteiger partial charge in [0.05, 0.1) is 19.1 Å². The summed E-state index contributed by atoms with van der Waals surface area (Å²) in [6, 6.07) is 0. The zero-order chi connectivity index (χ0) is 36.6. The molecule has 0 aliphatic carbocycles. The van der Waals surface area contributed by atoms with Crippen LogP contribution in [0.1, 0.15) is 226 Å². The molecule has 0 heterocycles. The highest BCUT2D eigenvalue weighted by atomic mass is 16.5. The molecular formula is C44H88N2O4. The minimum absolute atomic E-state index is 0.0212. The van der Waals surface area contributed by atoms with Crippen molar-refractivity contribution in [3.05, 3.63) is 0 Å². The number of nitrogens with two attached hydrogens (primary N) is 1. The summed E-state index contributed by atoms with van der Waals surface area (Å²) in [7, 11) is 0. The molecule has 0 aromatic carbocycles. The Labute approximate surface area is 312 Å². The van der Waals surface area contributed by atoms with E-state index in [1.807, 2.05) is 0 Å². The lowest BCUT2D eigenvalue weighted by Crippen LogP contribution is -2.31. The Morgan fingerprint density at radius 2 is 0.840 bits per heavy atom. The van der Waals surface area contributed by atoms with Crippen molar-refractivity contribution >= 4 is 11.9 Å². The Kier molecular flexibility index (Phi) is 39.7. The van der Waals surface area contributed by atoms with Crippen LogP contribution in [0.4, 0.5) is 0 Å². The van der Waals surface area contributed by atoms with E-state index >= 15 is 0 Å². The molecule has 0 aliphatic heterocycles. The van der Waals surface area contributed by atoms with Crippen LogP contribution in [0.3, 0.4) is 0 Å². The molecule has 298 valence electrons. The first-order valence-corrected chi connectivity index (χ1v) is 22.3. The molecule has 0 rings (SSSR count). The van der Waals surface area contributed by atoms with Gasteiger partial charge in [-0.25, -0.2) is 0 Å². The third kappa shape index (κ3) is 35.3. The van der Waals surface area contributed by atoms with Gasteiger partial charge in [-0.3, -0.25) is 9.59 Å². The van der Waals surface area contributed by atoms with E-state index in [-0.39, 0.29) is 17.9 Å². The van der Waals surface area contributed by atoms with E-state index in [2.05, 4.69) is 25.7 Å². The SMILES string of the molecule is CCCCCCCCCCCC(=O)OCCCCCN(CCN)CCCCCCCOC(=O)C(CCCCCCCC)CCCCCCCC. The maximum atomic E-state index is 13.0. The summed E-state index contributed by atoms with van der Waals surface area (Å²) in [5, 5.41) is 0. The molecular weight excluding hydrogens is 620 g/mol. The van der Waals surface area contributed by atoms with Crippen LogP contribution in [-0.2, 0) is 19.1 Å². The first-order chi connectivity index (χ1) is 24.6. The molecule has 0 amide bonds. The fraction of sp³-hybridized carbons (Fsp3) is 0.955. The first kappa shape index (κ1) is 48.9. The highest BCUT2D eigenvalue weighted by Crippen LogP contribution is 2.21. The van der Waals surface area contributed by atoms with Crippen molar-refractivity contribution in [2.75, 3.05) is 39.4 Å². The monoisotopic (exact) mass is 709 g/mol. The number of nitrogens with zero attached hydrogens (tertiary/aromatic N) is 1. The van der Waals surface area contributed by atoms with Gasteiger partial charge in [0.15, 0.2) is 0 Å². The van der Waals surface area contributed by atoms with Crippen LogP contribution in [0.5, 0.6) is 0 Å². The second-order valence-corrected chi connectivity index (χ2v) is 15.2. The zero-order valence-corrected chi connectivity index (χ0v) is 34.1. The van der Waals surface area contributed by atoms with Gasteiger partial charge in [0, 0.05) is 19.5 Å². The van der Waals surface area contributed by atoms with E-state index < -0.39 is 0 Å². The van der Waals surface area contributed by atoms with E-state index in [0.717, 1.165) is 90.3 Å². The molecule has 2 N–H and O–H groups in total. The molecule has 0 spiro atoms. The van der Waals surface area contributed by atoms with Crippen LogP contribution < -0.4 is 5.73 Å². The highest BCUT2D eigenvalue weighted by molar-refractivity contribution is 5.72. The van der Waals surface area contributed by atoms with E-state index in [0.29, 0.717) is 26.2 Å². The van der Waals surface area contributed by atoms with Crippen molar-refractivity contribution in [1.82, 2.24) is 4.90 Å². The quantitative estimate of drug-likeness (QED) is 0.0503. The van der Waals surface area contributed by atoms with Crippen molar-refractivity contribution < 1.29 is 19.1 Å². The van der Waals surface area contributed by atoms with E-state index in [9.17, 15) is 9.59 Å². The number of unbranched alkanes of at least 4 members (excludes halogenated alkanes) is 24. The van der Waals surface area contributed by atoms with Crippen molar-refractivity contribution in [2.45, 2.75) is 226 Å². The van der Waals surface area contributed by atoms with Crippen molar-refractivity contribution in [3.8, 4) is 0 Å². The molecule has 0 aromatic rings. The van der Waals surface area contributed by atoms with Crippen LogP contribution in [-0.4, -0.2) is 56.2 Å². The van der Waals surface area contributed by atoms with E-state index in [1.165, 1.54) is 128 Å². The minimum atomic E-state index is -0.0212. The lowest BCUT2D eigenvalue weighted by atomic mass is 9.94.